The predicted molar refractivity (Wildman–Crippen MR) is 80.6 cm³/mol. The van der Waals surface area contributed by atoms with Crippen LogP contribution in [0.15, 0.2) is 37.4 Å². The lowest BCUT2D eigenvalue weighted by atomic mass is 10.6. The molecule has 0 bridgehead atoms. The summed E-state index contributed by atoms with van der Waals surface area (Å²) >= 11 is 0. The summed E-state index contributed by atoms with van der Waals surface area (Å²) in [4.78, 5) is 24.9. The first kappa shape index (κ1) is 16.4. The molecule has 0 spiro atoms. The Balaban J connectivity index is 0.000000152. The summed E-state index contributed by atoms with van der Waals surface area (Å²) in [5, 5.41) is 31.0. The van der Waals surface area contributed by atoms with Crippen molar-refractivity contribution in [1.82, 2.24) is 60.4 Å². The number of nitrogens with zero attached hydrogens (tertiary/aromatic N) is 13. The van der Waals surface area contributed by atoms with Gasteiger partial charge in [-0.25, -0.2) is 19.9 Å². The molecule has 0 saturated heterocycles. The van der Waals surface area contributed by atoms with E-state index in [1.807, 2.05) is 0 Å². The van der Waals surface area contributed by atoms with Gasteiger partial charge in [0.1, 0.15) is 25.0 Å². The maximum atomic E-state index is 10.3. The molecule has 0 aliphatic heterocycles. The molecule has 0 aliphatic rings. The molecule has 4 rings (SSSR count). The largest absolute Gasteiger partial charge is 0.396 e. The molecule has 0 fully saturated rings. The van der Waals surface area contributed by atoms with Gasteiger partial charge in [-0.15, -0.1) is 10.2 Å². The molecule has 130 valence electrons. The van der Waals surface area contributed by atoms with Crippen molar-refractivity contribution in [2.45, 2.75) is 0 Å². The predicted octanol–water partition coefficient (Wildman–Crippen LogP) is -1.61. The van der Waals surface area contributed by atoms with Crippen LogP contribution in [0, 0.1) is 10.1 Å². The highest BCUT2D eigenvalue weighted by atomic mass is 16.6. The van der Waals surface area contributed by atoms with E-state index in [0.29, 0.717) is 11.6 Å². The number of nitro groups is 1. The second-order valence-corrected chi connectivity index (χ2v) is 4.32. The van der Waals surface area contributed by atoms with Crippen LogP contribution in [0.25, 0.3) is 11.9 Å². The van der Waals surface area contributed by atoms with E-state index in [4.69, 9.17) is 5.73 Å². The molecular formula is C10H8N14O2. The Bertz CT molecular complexity index is 950. The second-order valence-electron chi connectivity index (χ2n) is 4.32. The Kier molecular flexibility index (Phi) is 4.64. The third-order valence-corrected chi connectivity index (χ3v) is 2.60. The number of anilines is 1. The zero-order chi connectivity index (χ0) is 18.4. The minimum atomic E-state index is -0.580. The molecule has 0 aliphatic carbocycles. The van der Waals surface area contributed by atoms with Crippen molar-refractivity contribution in [2.24, 2.45) is 0 Å². The monoisotopic (exact) mass is 356 g/mol. The molecule has 4 heterocycles. The number of nitrogens with two attached hydrogens (primary N) is 1. The molecule has 16 heteroatoms. The van der Waals surface area contributed by atoms with Crippen LogP contribution in [0.3, 0.4) is 0 Å². The maximum absolute atomic E-state index is 10.3. The third-order valence-electron chi connectivity index (χ3n) is 2.60. The van der Waals surface area contributed by atoms with Gasteiger partial charge in [-0.1, -0.05) is 0 Å². The van der Waals surface area contributed by atoms with Crippen molar-refractivity contribution >= 4 is 11.4 Å². The average molecular weight is 356 g/mol. The molecular weight excluding hydrogens is 348 g/mol. The molecule has 0 aromatic carbocycles. The first-order chi connectivity index (χ1) is 12.6. The molecule has 4 aromatic heterocycles. The SMILES string of the molecule is Nc1cnc(-n2cnnn2)nc1.O=[N+]([O-])c1cnc(-n2cnnn2)nc1. The number of aromatic nitrogens is 12. The van der Waals surface area contributed by atoms with E-state index in [2.05, 4.69) is 51.0 Å². The van der Waals surface area contributed by atoms with E-state index >= 15 is 0 Å². The first-order valence-corrected chi connectivity index (χ1v) is 6.64. The highest BCUT2D eigenvalue weighted by Crippen LogP contribution is 2.06. The molecule has 2 N–H and O–H groups in total. The molecule has 16 nitrogen and oxygen atoms in total. The Labute approximate surface area is 142 Å². The Morgan fingerprint density at radius 3 is 1.69 bits per heavy atom. The molecule has 4 aromatic rings. The van der Waals surface area contributed by atoms with Crippen LogP contribution in [0.4, 0.5) is 11.4 Å². The second kappa shape index (κ2) is 7.38. The summed E-state index contributed by atoms with van der Waals surface area (Å²) < 4.78 is 2.54. The van der Waals surface area contributed by atoms with Gasteiger partial charge in [0.15, 0.2) is 0 Å². The molecule has 0 amide bonds. The Morgan fingerprint density at radius 1 is 0.846 bits per heavy atom. The van der Waals surface area contributed by atoms with Crippen LogP contribution < -0.4 is 5.73 Å². The van der Waals surface area contributed by atoms with Gasteiger partial charge in [0.25, 0.3) is 11.9 Å². The number of hydrogen-bond donors (Lipinski definition) is 1. The maximum Gasteiger partial charge on any atom is 0.305 e. The third kappa shape index (κ3) is 3.88. The van der Waals surface area contributed by atoms with Crippen LogP contribution in [0.2, 0.25) is 0 Å². The average Bonchev–Trinajstić information content (AvgIpc) is 3.37. The lowest BCUT2D eigenvalue weighted by Gasteiger charge is -1.95. The molecule has 0 unspecified atom stereocenters. The van der Waals surface area contributed by atoms with Gasteiger partial charge in [-0.3, -0.25) is 10.1 Å². The number of hydrogen-bond acceptors (Lipinski definition) is 13. The van der Waals surface area contributed by atoms with Crippen LogP contribution in [-0.2, 0) is 0 Å². The van der Waals surface area contributed by atoms with Crippen LogP contribution in [0.1, 0.15) is 0 Å². The summed E-state index contributed by atoms with van der Waals surface area (Å²) in [6, 6.07) is 0. The smallest absolute Gasteiger partial charge is 0.305 e. The van der Waals surface area contributed by atoms with Gasteiger partial charge in [-0.2, -0.15) is 9.36 Å². The van der Waals surface area contributed by atoms with Crippen LogP contribution in [-0.4, -0.2) is 65.3 Å². The van der Waals surface area contributed by atoms with Gasteiger partial charge in [0.2, 0.25) is 0 Å². The minimum Gasteiger partial charge on any atom is -0.396 e. The Morgan fingerprint density at radius 2 is 1.31 bits per heavy atom. The normalized spacial score (nSPS) is 10.0. The summed E-state index contributed by atoms with van der Waals surface area (Å²) in [6.45, 7) is 0. The first-order valence-electron chi connectivity index (χ1n) is 6.64. The van der Waals surface area contributed by atoms with Crippen LogP contribution in [0.5, 0.6) is 0 Å². The summed E-state index contributed by atoms with van der Waals surface area (Å²) in [7, 11) is 0. The number of rotatable bonds is 3. The van der Waals surface area contributed by atoms with E-state index < -0.39 is 4.92 Å². The molecule has 0 saturated carbocycles. The van der Waals surface area contributed by atoms with Crippen LogP contribution >= 0.6 is 0 Å². The summed E-state index contributed by atoms with van der Waals surface area (Å²) in [5.41, 5.74) is 5.72. The lowest BCUT2D eigenvalue weighted by molar-refractivity contribution is -0.385. The van der Waals surface area contributed by atoms with Crippen molar-refractivity contribution in [3.63, 3.8) is 0 Å². The van der Waals surface area contributed by atoms with Gasteiger partial charge in [-0.05, 0) is 20.9 Å². The lowest BCUT2D eigenvalue weighted by Crippen LogP contribution is -2.02. The van der Waals surface area contributed by atoms with Gasteiger partial charge >= 0.3 is 5.69 Å². The summed E-state index contributed by atoms with van der Waals surface area (Å²) in [5.74, 6) is 0.579. The van der Waals surface area contributed by atoms with E-state index in [1.54, 1.807) is 0 Å². The van der Waals surface area contributed by atoms with E-state index in [1.165, 1.54) is 34.4 Å². The van der Waals surface area contributed by atoms with Gasteiger partial charge in [0, 0.05) is 0 Å². The fourth-order valence-corrected chi connectivity index (χ4v) is 1.48. The number of tetrazole rings is 2. The molecule has 26 heavy (non-hydrogen) atoms. The van der Waals surface area contributed by atoms with Crippen molar-refractivity contribution in [3.05, 3.63) is 47.6 Å². The Hall–Kier alpha value is -4.50. The van der Waals surface area contributed by atoms with Crippen molar-refractivity contribution < 1.29 is 4.92 Å². The van der Waals surface area contributed by atoms with E-state index in [-0.39, 0.29) is 11.6 Å². The van der Waals surface area contributed by atoms with Gasteiger partial charge < -0.3 is 5.73 Å². The zero-order valence-corrected chi connectivity index (χ0v) is 12.7. The van der Waals surface area contributed by atoms with Crippen molar-refractivity contribution in [1.29, 1.82) is 0 Å². The topological polar surface area (TPSA) is 208 Å². The highest BCUT2D eigenvalue weighted by molar-refractivity contribution is 5.31. The van der Waals surface area contributed by atoms with E-state index in [0.717, 1.165) is 12.4 Å². The quantitative estimate of drug-likeness (QED) is 0.324. The van der Waals surface area contributed by atoms with Crippen molar-refractivity contribution in [3.8, 4) is 11.9 Å². The van der Waals surface area contributed by atoms with Gasteiger partial charge in [0.05, 0.1) is 23.0 Å². The zero-order valence-electron chi connectivity index (χ0n) is 12.7. The number of nitrogen functional groups attached to an aromatic ring is 1. The fourth-order valence-electron chi connectivity index (χ4n) is 1.48. The minimum absolute atomic E-state index is 0.179. The molecule has 0 radical (unpaired) electrons. The summed E-state index contributed by atoms with van der Waals surface area (Å²) in [6.07, 6.45) is 7.86. The van der Waals surface area contributed by atoms with Crippen molar-refractivity contribution in [2.75, 3.05) is 5.73 Å². The molecule has 0 atom stereocenters. The fraction of sp³-hybridized carbons (Fsp3) is 0. The highest BCUT2D eigenvalue weighted by Gasteiger charge is 2.07. The standard InChI is InChI=1S/C5H3N7O2.C5H5N7/c13-12(14)4-1-6-5(7-2-4)11-3-8-9-10-11;6-4-1-7-5(8-2-4)12-3-9-10-11-12/h1-3H;1-3H,6H2. The van der Waals surface area contributed by atoms with E-state index in [9.17, 15) is 10.1 Å².